The average Bonchev–Trinajstić information content (AvgIpc) is 2.91. The van der Waals surface area contributed by atoms with Crippen LogP contribution in [0.5, 0.6) is 0 Å². The van der Waals surface area contributed by atoms with Gasteiger partial charge in [0.05, 0.1) is 0 Å². The summed E-state index contributed by atoms with van der Waals surface area (Å²) >= 11 is 0. The van der Waals surface area contributed by atoms with Crippen molar-refractivity contribution in [2.75, 3.05) is 0 Å². The topological polar surface area (TPSA) is 37.4 Å². The monoisotopic (exact) mass is 351 g/mol. The largest absolute Gasteiger partial charge is 0.333 e. The number of halogens is 1. The smallest absolute Gasteiger partial charge is 0.254 e. The van der Waals surface area contributed by atoms with Gasteiger partial charge in [-0.25, -0.2) is 4.39 Å². The zero-order chi connectivity index (χ0) is 18.3. The summed E-state index contributed by atoms with van der Waals surface area (Å²) < 4.78 is 13.2. The lowest BCUT2D eigenvalue weighted by Gasteiger charge is -2.39. The van der Waals surface area contributed by atoms with Crippen LogP contribution in [-0.2, 0) is 0 Å². The molecule has 0 aliphatic carbocycles. The fourth-order valence-electron chi connectivity index (χ4n) is 4.54. The van der Waals surface area contributed by atoms with Crippen molar-refractivity contribution in [3.63, 3.8) is 0 Å². The van der Waals surface area contributed by atoms with E-state index in [0.717, 1.165) is 31.2 Å². The first-order valence-electron chi connectivity index (χ1n) is 9.22. The van der Waals surface area contributed by atoms with E-state index < -0.39 is 0 Å². The lowest BCUT2D eigenvalue weighted by molar-refractivity contribution is 0.0571. The fraction of sp³-hybridized carbons (Fsp3) is 0.364. The number of fused-ring (bicyclic) bond motifs is 2. The lowest BCUT2D eigenvalue weighted by Crippen LogP contribution is -2.46. The Bertz CT molecular complexity index is 831. The molecule has 4 heteroatoms. The number of carbonyl (C=O) groups excluding carboxylic acids is 2. The van der Waals surface area contributed by atoms with E-state index in [1.165, 1.54) is 19.1 Å². The number of hydrogen-bond donors (Lipinski definition) is 0. The molecule has 0 saturated carbocycles. The quantitative estimate of drug-likeness (QED) is 0.759. The molecule has 2 heterocycles. The number of carbonyl (C=O) groups is 2. The van der Waals surface area contributed by atoms with Crippen molar-refractivity contribution in [3.8, 4) is 0 Å². The van der Waals surface area contributed by atoms with Crippen LogP contribution >= 0.6 is 0 Å². The maximum atomic E-state index is 13.2. The van der Waals surface area contributed by atoms with Gasteiger partial charge in [0, 0.05) is 23.2 Å². The van der Waals surface area contributed by atoms with Crippen LogP contribution in [-0.4, -0.2) is 28.7 Å². The molecular formula is C22H22FNO2. The highest BCUT2D eigenvalue weighted by molar-refractivity contribution is 6.00. The standard InChI is InChI=1S/C22H22FNO2/c1-14(25)16-3-2-4-17(11-16)22(26)24-20-9-10-21(24)13-18(12-20)15-5-7-19(23)8-6-15/h2-8,11,18,20-21H,9-10,12-13H2,1H3. The van der Waals surface area contributed by atoms with E-state index in [9.17, 15) is 14.0 Å². The number of Topliss-reactive ketones (excluding diaryl/α,β-unsaturated/α-hetero) is 1. The summed E-state index contributed by atoms with van der Waals surface area (Å²) in [4.78, 5) is 26.7. The molecule has 2 atom stereocenters. The minimum atomic E-state index is -0.213. The van der Waals surface area contributed by atoms with Gasteiger partial charge in [-0.05, 0) is 68.4 Å². The molecule has 4 rings (SSSR count). The van der Waals surface area contributed by atoms with Crippen LogP contribution in [0, 0.1) is 5.82 Å². The molecule has 26 heavy (non-hydrogen) atoms. The Morgan fingerprint density at radius 3 is 2.19 bits per heavy atom. The number of hydrogen-bond acceptors (Lipinski definition) is 2. The van der Waals surface area contributed by atoms with E-state index in [4.69, 9.17) is 0 Å². The van der Waals surface area contributed by atoms with Crippen molar-refractivity contribution in [3.05, 3.63) is 71.0 Å². The van der Waals surface area contributed by atoms with Crippen LogP contribution in [0.1, 0.15) is 64.8 Å². The number of amides is 1. The number of benzene rings is 2. The Morgan fingerprint density at radius 1 is 0.962 bits per heavy atom. The molecule has 0 radical (unpaired) electrons. The van der Waals surface area contributed by atoms with Crippen molar-refractivity contribution in [1.82, 2.24) is 4.90 Å². The fourth-order valence-corrected chi connectivity index (χ4v) is 4.54. The summed E-state index contributed by atoms with van der Waals surface area (Å²) in [5.41, 5.74) is 2.33. The molecule has 2 aromatic rings. The summed E-state index contributed by atoms with van der Waals surface area (Å²) in [7, 11) is 0. The molecule has 0 N–H and O–H groups in total. The predicted octanol–water partition coefficient (Wildman–Crippen LogP) is 4.58. The SMILES string of the molecule is CC(=O)c1cccc(C(=O)N2C3CCC2CC(c2ccc(F)cc2)C3)c1. The van der Waals surface area contributed by atoms with Gasteiger partial charge in [0.1, 0.15) is 5.82 Å². The molecule has 1 amide bonds. The van der Waals surface area contributed by atoms with E-state index in [-0.39, 0.29) is 29.6 Å². The van der Waals surface area contributed by atoms with Crippen molar-refractivity contribution in [2.24, 2.45) is 0 Å². The normalized spacial score (nSPS) is 24.5. The first-order valence-corrected chi connectivity index (χ1v) is 9.22. The Balaban J connectivity index is 1.55. The summed E-state index contributed by atoms with van der Waals surface area (Å²) in [6, 6.07) is 14.2. The van der Waals surface area contributed by atoms with E-state index >= 15 is 0 Å². The molecule has 134 valence electrons. The Kier molecular flexibility index (Phi) is 4.35. The first-order chi connectivity index (χ1) is 12.5. The van der Waals surface area contributed by atoms with Crippen LogP contribution in [0.25, 0.3) is 0 Å². The molecule has 3 nitrogen and oxygen atoms in total. The molecule has 2 fully saturated rings. The molecule has 0 aromatic heterocycles. The van der Waals surface area contributed by atoms with Gasteiger partial charge in [-0.3, -0.25) is 9.59 Å². The summed E-state index contributed by atoms with van der Waals surface area (Å²) in [6.07, 6.45) is 3.86. The first kappa shape index (κ1) is 17.0. The van der Waals surface area contributed by atoms with Gasteiger partial charge < -0.3 is 4.90 Å². The van der Waals surface area contributed by atoms with Gasteiger partial charge in [-0.15, -0.1) is 0 Å². The maximum Gasteiger partial charge on any atom is 0.254 e. The molecule has 2 aliphatic rings. The van der Waals surface area contributed by atoms with E-state index in [0.29, 0.717) is 17.0 Å². The molecular weight excluding hydrogens is 329 g/mol. The van der Waals surface area contributed by atoms with Gasteiger partial charge >= 0.3 is 0 Å². The number of ketones is 1. The van der Waals surface area contributed by atoms with Gasteiger partial charge in [0.15, 0.2) is 5.78 Å². The maximum absolute atomic E-state index is 13.2. The average molecular weight is 351 g/mol. The van der Waals surface area contributed by atoms with Gasteiger partial charge in [-0.2, -0.15) is 0 Å². The Morgan fingerprint density at radius 2 is 1.58 bits per heavy atom. The number of piperidine rings is 1. The van der Waals surface area contributed by atoms with Crippen molar-refractivity contribution in [1.29, 1.82) is 0 Å². The van der Waals surface area contributed by atoms with Crippen LogP contribution in [0.2, 0.25) is 0 Å². The number of nitrogens with zero attached hydrogens (tertiary/aromatic N) is 1. The van der Waals surface area contributed by atoms with Gasteiger partial charge in [-0.1, -0.05) is 24.3 Å². The summed E-state index contributed by atoms with van der Waals surface area (Å²) in [6.45, 7) is 1.52. The molecule has 2 aromatic carbocycles. The van der Waals surface area contributed by atoms with Crippen LogP contribution in [0.15, 0.2) is 48.5 Å². The zero-order valence-corrected chi connectivity index (χ0v) is 14.8. The molecule has 0 spiro atoms. The highest BCUT2D eigenvalue weighted by atomic mass is 19.1. The van der Waals surface area contributed by atoms with Crippen molar-refractivity contribution >= 4 is 11.7 Å². The highest BCUT2D eigenvalue weighted by Gasteiger charge is 2.43. The molecule has 2 bridgehead atoms. The predicted molar refractivity (Wildman–Crippen MR) is 97.8 cm³/mol. The summed E-state index contributed by atoms with van der Waals surface area (Å²) in [5.74, 6) is 0.159. The third-order valence-electron chi connectivity index (χ3n) is 5.83. The van der Waals surface area contributed by atoms with E-state index in [2.05, 4.69) is 0 Å². The van der Waals surface area contributed by atoms with Crippen LogP contribution in [0.3, 0.4) is 0 Å². The summed E-state index contributed by atoms with van der Waals surface area (Å²) in [5, 5.41) is 0. The lowest BCUT2D eigenvalue weighted by atomic mass is 9.84. The van der Waals surface area contributed by atoms with E-state index in [1.807, 2.05) is 17.0 Å². The molecule has 2 saturated heterocycles. The van der Waals surface area contributed by atoms with Gasteiger partial charge in [0.2, 0.25) is 0 Å². The second kappa shape index (κ2) is 6.67. The minimum Gasteiger partial charge on any atom is -0.333 e. The second-order valence-electron chi connectivity index (χ2n) is 7.45. The van der Waals surface area contributed by atoms with Crippen molar-refractivity contribution in [2.45, 2.75) is 50.6 Å². The number of rotatable bonds is 3. The van der Waals surface area contributed by atoms with Gasteiger partial charge in [0.25, 0.3) is 5.91 Å². The third-order valence-corrected chi connectivity index (χ3v) is 5.83. The molecule has 2 aliphatic heterocycles. The zero-order valence-electron chi connectivity index (χ0n) is 14.8. The third kappa shape index (κ3) is 3.05. The molecule has 2 unspecified atom stereocenters. The Hall–Kier alpha value is -2.49. The minimum absolute atomic E-state index is 0.0261. The van der Waals surface area contributed by atoms with Crippen molar-refractivity contribution < 1.29 is 14.0 Å². The van der Waals surface area contributed by atoms with Crippen LogP contribution in [0.4, 0.5) is 4.39 Å². The Labute approximate surface area is 152 Å². The highest BCUT2D eigenvalue weighted by Crippen LogP contribution is 2.43. The van der Waals surface area contributed by atoms with E-state index in [1.54, 1.807) is 24.3 Å². The van der Waals surface area contributed by atoms with Crippen LogP contribution < -0.4 is 0 Å². The second-order valence-corrected chi connectivity index (χ2v) is 7.45.